The first kappa shape index (κ1) is 11.8. The first-order valence-electron chi connectivity index (χ1n) is 5.95. The fourth-order valence-electron chi connectivity index (χ4n) is 1.63. The van der Waals surface area contributed by atoms with E-state index < -0.39 is 0 Å². The summed E-state index contributed by atoms with van der Waals surface area (Å²) in [6.45, 7) is 3.86. The van der Waals surface area contributed by atoms with E-state index in [1.54, 1.807) is 6.20 Å². The van der Waals surface area contributed by atoms with E-state index in [1.165, 1.54) is 5.56 Å². The minimum atomic E-state index is 0.832. The number of hydrogen-bond acceptors (Lipinski definition) is 3. The average molecular weight is 230 g/mol. The van der Waals surface area contributed by atoms with Crippen LogP contribution in [0.1, 0.15) is 23.5 Å². The molecule has 4 nitrogen and oxygen atoms in total. The van der Waals surface area contributed by atoms with Crippen molar-refractivity contribution >= 4 is 0 Å². The van der Waals surface area contributed by atoms with Crippen LogP contribution < -0.4 is 5.32 Å². The highest BCUT2D eigenvalue weighted by atomic mass is 14.9. The third kappa shape index (κ3) is 4.00. The number of aromatic amines is 1. The second-order valence-electron chi connectivity index (χ2n) is 4.14. The van der Waals surface area contributed by atoms with Gasteiger partial charge in [0.2, 0.25) is 0 Å². The summed E-state index contributed by atoms with van der Waals surface area (Å²) in [7, 11) is 0. The first-order chi connectivity index (χ1) is 8.34. The standard InChI is InChI=1S/C13H18N4/c1-11-4-5-12(17-9-11)10-14-6-2-3-13-15-7-8-16-13/h4-5,7-9,14H,2-3,6,10H2,1H3,(H,15,16). The molecule has 0 aromatic carbocycles. The van der Waals surface area contributed by atoms with Crippen LogP contribution in [0.2, 0.25) is 0 Å². The van der Waals surface area contributed by atoms with Crippen molar-refractivity contribution in [2.45, 2.75) is 26.3 Å². The lowest BCUT2D eigenvalue weighted by Crippen LogP contribution is -2.16. The number of nitrogens with one attached hydrogen (secondary N) is 2. The van der Waals surface area contributed by atoms with Gasteiger partial charge < -0.3 is 10.3 Å². The Bertz CT molecular complexity index is 419. The van der Waals surface area contributed by atoms with Crippen molar-refractivity contribution in [3.63, 3.8) is 0 Å². The molecule has 90 valence electrons. The molecule has 0 bridgehead atoms. The van der Waals surface area contributed by atoms with Gasteiger partial charge in [-0.3, -0.25) is 4.98 Å². The van der Waals surface area contributed by atoms with E-state index in [4.69, 9.17) is 0 Å². The summed E-state index contributed by atoms with van der Waals surface area (Å²) in [5.41, 5.74) is 2.29. The Kier molecular flexibility index (Phi) is 4.27. The highest BCUT2D eigenvalue weighted by Crippen LogP contribution is 1.98. The minimum absolute atomic E-state index is 0.832. The maximum absolute atomic E-state index is 4.34. The predicted octanol–water partition coefficient (Wildman–Crippen LogP) is 1.84. The highest BCUT2D eigenvalue weighted by Gasteiger charge is 1.96. The number of imidazole rings is 1. The molecule has 0 saturated heterocycles. The maximum atomic E-state index is 4.34. The second-order valence-corrected chi connectivity index (χ2v) is 4.14. The lowest BCUT2D eigenvalue weighted by atomic mass is 10.2. The van der Waals surface area contributed by atoms with Crippen molar-refractivity contribution in [3.05, 3.63) is 47.8 Å². The van der Waals surface area contributed by atoms with Gasteiger partial charge in [-0.05, 0) is 31.5 Å². The van der Waals surface area contributed by atoms with Gasteiger partial charge in [0.25, 0.3) is 0 Å². The number of nitrogens with zero attached hydrogens (tertiary/aromatic N) is 2. The SMILES string of the molecule is Cc1ccc(CNCCCc2ncc[nH]2)nc1. The molecule has 2 aromatic heterocycles. The monoisotopic (exact) mass is 230 g/mol. The van der Waals surface area contributed by atoms with Crippen LogP contribution in [0.25, 0.3) is 0 Å². The van der Waals surface area contributed by atoms with Crippen LogP contribution >= 0.6 is 0 Å². The van der Waals surface area contributed by atoms with Crippen molar-refractivity contribution in [2.24, 2.45) is 0 Å². The molecule has 2 heterocycles. The van der Waals surface area contributed by atoms with E-state index >= 15 is 0 Å². The van der Waals surface area contributed by atoms with Gasteiger partial charge in [-0.1, -0.05) is 6.07 Å². The molecule has 2 N–H and O–H groups in total. The molecule has 2 rings (SSSR count). The lowest BCUT2D eigenvalue weighted by Gasteiger charge is -2.03. The fourth-order valence-corrected chi connectivity index (χ4v) is 1.63. The van der Waals surface area contributed by atoms with Gasteiger partial charge in [-0.25, -0.2) is 4.98 Å². The van der Waals surface area contributed by atoms with Gasteiger partial charge in [-0.15, -0.1) is 0 Å². The Balaban J connectivity index is 1.61. The summed E-state index contributed by atoms with van der Waals surface area (Å²) in [5.74, 6) is 1.06. The van der Waals surface area contributed by atoms with Gasteiger partial charge in [0, 0.05) is 31.6 Å². The first-order valence-corrected chi connectivity index (χ1v) is 5.95. The van der Waals surface area contributed by atoms with Crippen LogP contribution in [-0.2, 0) is 13.0 Å². The Morgan fingerprint density at radius 2 is 2.24 bits per heavy atom. The van der Waals surface area contributed by atoms with E-state index in [0.29, 0.717) is 0 Å². The average Bonchev–Trinajstić information content (AvgIpc) is 2.84. The summed E-state index contributed by atoms with van der Waals surface area (Å²) < 4.78 is 0. The van der Waals surface area contributed by atoms with Crippen LogP contribution in [-0.4, -0.2) is 21.5 Å². The second kappa shape index (κ2) is 6.15. The van der Waals surface area contributed by atoms with Crippen LogP contribution in [0.5, 0.6) is 0 Å². The number of aryl methyl sites for hydroxylation is 2. The number of aromatic nitrogens is 3. The Labute approximate surface area is 102 Å². The van der Waals surface area contributed by atoms with E-state index in [2.05, 4.69) is 32.4 Å². The molecule has 0 atom stereocenters. The normalized spacial score (nSPS) is 10.6. The third-order valence-corrected chi connectivity index (χ3v) is 2.60. The molecule has 0 unspecified atom stereocenters. The quantitative estimate of drug-likeness (QED) is 0.744. The number of rotatable bonds is 6. The molecule has 0 saturated carbocycles. The Morgan fingerprint density at radius 3 is 2.94 bits per heavy atom. The molecular weight excluding hydrogens is 212 g/mol. The molecule has 0 aliphatic heterocycles. The zero-order valence-corrected chi connectivity index (χ0v) is 10.1. The number of hydrogen-bond donors (Lipinski definition) is 2. The summed E-state index contributed by atoms with van der Waals surface area (Å²) in [6.07, 6.45) is 7.62. The van der Waals surface area contributed by atoms with Crippen molar-refractivity contribution < 1.29 is 0 Å². The molecular formula is C13H18N4. The summed E-state index contributed by atoms with van der Waals surface area (Å²) >= 11 is 0. The smallest absolute Gasteiger partial charge is 0.106 e. The molecule has 0 aliphatic rings. The van der Waals surface area contributed by atoms with Crippen LogP contribution in [0.4, 0.5) is 0 Å². The lowest BCUT2D eigenvalue weighted by molar-refractivity contribution is 0.633. The molecule has 0 fully saturated rings. The Hall–Kier alpha value is -1.68. The van der Waals surface area contributed by atoms with Gasteiger partial charge in [-0.2, -0.15) is 0 Å². The van der Waals surface area contributed by atoms with Crippen molar-refractivity contribution in [3.8, 4) is 0 Å². The van der Waals surface area contributed by atoms with Gasteiger partial charge in [0.15, 0.2) is 0 Å². The molecule has 0 aliphatic carbocycles. The van der Waals surface area contributed by atoms with Crippen LogP contribution in [0.15, 0.2) is 30.7 Å². The number of H-pyrrole nitrogens is 1. The van der Waals surface area contributed by atoms with E-state index in [9.17, 15) is 0 Å². The molecule has 0 radical (unpaired) electrons. The van der Waals surface area contributed by atoms with Crippen molar-refractivity contribution in [1.82, 2.24) is 20.3 Å². The Morgan fingerprint density at radius 1 is 1.29 bits per heavy atom. The zero-order valence-electron chi connectivity index (χ0n) is 10.1. The summed E-state index contributed by atoms with van der Waals surface area (Å²) in [4.78, 5) is 11.6. The van der Waals surface area contributed by atoms with Gasteiger partial charge in [0.05, 0.1) is 5.69 Å². The van der Waals surface area contributed by atoms with Crippen molar-refractivity contribution in [1.29, 1.82) is 0 Å². The van der Waals surface area contributed by atoms with Gasteiger partial charge >= 0.3 is 0 Å². The molecule has 0 spiro atoms. The summed E-state index contributed by atoms with van der Waals surface area (Å²) in [5, 5.41) is 3.38. The molecule has 2 aromatic rings. The largest absolute Gasteiger partial charge is 0.349 e. The molecule has 4 heteroatoms. The number of pyridine rings is 1. The van der Waals surface area contributed by atoms with Crippen LogP contribution in [0, 0.1) is 6.92 Å². The minimum Gasteiger partial charge on any atom is -0.349 e. The van der Waals surface area contributed by atoms with Crippen LogP contribution in [0.3, 0.4) is 0 Å². The molecule has 17 heavy (non-hydrogen) atoms. The maximum Gasteiger partial charge on any atom is 0.106 e. The molecule has 0 amide bonds. The third-order valence-electron chi connectivity index (χ3n) is 2.60. The van der Waals surface area contributed by atoms with E-state index in [1.807, 2.05) is 19.3 Å². The van der Waals surface area contributed by atoms with E-state index in [-0.39, 0.29) is 0 Å². The van der Waals surface area contributed by atoms with Gasteiger partial charge in [0.1, 0.15) is 5.82 Å². The summed E-state index contributed by atoms with van der Waals surface area (Å²) in [6, 6.07) is 4.15. The zero-order chi connectivity index (χ0) is 11.9. The highest BCUT2D eigenvalue weighted by molar-refractivity contribution is 5.11. The van der Waals surface area contributed by atoms with Crippen molar-refractivity contribution in [2.75, 3.05) is 6.54 Å². The van der Waals surface area contributed by atoms with E-state index in [0.717, 1.165) is 37.4 Å². The topological polar surface area (TPSA) is 53.6 Å². The predicted molar refractivity (Wildman–Crippen MR) is 67.6 cm³/mol. The fraction of sp³-hybridized carbons (Fsp3) is 0.385.